The standard InChI is InChI=1S/C27H21N3O4S/c1-31-27-29-30-15-22(28-26(30)35-27)25-14-21-23(11-6-12-24(21)34-25)33-17-19-9-5-10-20(13-19)32-16-18-7-3-2-4-8-18/h2-15H,16-17H2,1H3. The van der Waals surface area contributed by atoms with E-state index < -0.39 is 0 Å². The summed E-state index contributed by atoms with van der Waals surface area (Å²) >= 11 is 1.37. The van der Waals surface area contributed by atoms with E-state index in [1.807, 2.05) is 85.1 Å². The predicted octanol–water partition coefficient (Wildman–Crippen LogP) is 6.37. The summed E-state index contributed by atoms with van der Waals surface area (Å²) < 4.78 is 25.1. The van der Waals surface area contributed by atoms with E-state index in [4.69, 9.17) is 18.6 Å². The molecule has 6 rings (SSSR count). The van der Waals surface area contributed by atoms with Gasteiger partial charge in [-0.25, -0.2) is 9.50 Å². The van der Waals surface area contributed by atoms with Crippen molar-refractivity contribution in [3.05, 3.63) is 96.2 Å². The first-order valence-electron chi connectivity index (χ1n) is 11.1. The Labute approximate surface area is 205 Å². The van der Waals surface area contributed by atoms with E-state index in [-0.39, 0.29) is 0 Å². The van der Waals surface area contributed by atoms with Crippen LogP contribution in [0.25, 0.3) is 27.4 Å². The van der Waals surface area contributed by atoms with Gasteiger partial charge in [-0.05, 0) is 52.8 Å². The van der Waals surface area contributed by atoms with Crippen LogP contribution in [-0.2, 0) is 13.2 Å². The Morgan fingerprint density at radius 2 is 1.71 bits per heavy atom. The van der Waals surface area contributed by atoms with Crippen LogP contribution in [0.2, 0.25) is 0 Å². The molecule has 0 saturated heterocycles. The highest BCUT2D eigenvalue weighted by Crippen LogP contribution is 2.34. The molecule has 0 aliphatic heterocycles. The highest BCUT2D eigenvalue weighted by Gasteiger charge is 2.15. The Kier molecular flexibility index (Phi) is 5.56. The summed E-state index contributed by atoms with van der Waals surface area (Å²) in [7, 11) is 1.59. The fraction of sp³-hybridized carbons (Fsp3) is 0.111. The van der Waals surface area contributed by atoms with Crippen molar-refractivity contribution in [3.63, 3.8) is 0 Å². The normalized spacial score (nSPS) is 11.2. The molecule has 0 fully saturated rings. The summed E-state index contributed by atoms with van der Waals surface area (Å²) in [5.74, 6) is 2.21. The van der Waals surface area contributed by atoms with Gasteiger partial charge in [-0.3, -0.25) is 0 Å². The first kappa shape index (κ1) is 21.2. The van der Waals surface area contributed by atoms with Crippen molar-refractivity contribution < 1.29 is 18.6 Å². The molecule has 0 atom stereocenters. The fourth-order valence-corrected chi connectivity index (χ4v) is 4.50. The number of methoxy groups -OCH3 is 1. The van der Waals surface area contributed by atoms with Crippen LogP contribution in [-0.4, -0.2) is 21.7 Å². The summed E-state index contributed by atoms with van der Waals surface area (Å²) in [6, 6.07) is 25.8. The lowest BCUT2D eigenvalue weighted by Crippen LogP contribution is -1.98. The van der Waals surface area contributed by atoms with Gasteiger partial charge in [0.05, 0.1) is 18.7 Å². The molecule has 8 heteroatoms. The van der Waals surface area contributed by atoms with E-state index in [1.54, 1.807) is 11.6 Å². The molecule has 0 unspecified atom stereocenters. The molecule has 0 N–H and O–H groups in total. The highest BCUT2D eigenvalue weighted by molar-refractivity contribution is 7.18. The van der Waals surface area contributed by atoms with E-state index in [2.05, 4.69) is 10.1 Å². The molecule has 0 radical (unpaired) electrons. The molecule has 0 spiro atoms. The average Bonchev–Trinajstić information content (AvgIpc) is 3.60. The van der Waals surface area contributed by atoms with E-state index >= 15 is 0 Å². The molecule has 0 saturated carbocycles. The van der Waals surface area contributed by atoms with Gasteiger partial charge in [0.2, 0.25) is 4.96 Å². The minimum Gasteiger partial charge on any atom is -0.489 e. The number of benzene rings is 3. The van der Waals surface area contributed by atoms with Crippen LogP contribution in [0.5, 0.6) is 16.7 Å². The lowest BCUT2D eigenvalue weighted by Gasteiger charge is -2.10. The zero-order chi connectivity index (χ0) is 23.6. The predicted molar refractivity (Wildman–Crippen MR) is 134 cm³/mol. The summed E-state index contributed by atoms with van der Waals surface area (Å²) in [5, 5.41) is 5.78. The molecule has 35 heavy (non-hydrogen) atoms. The Morgan fingerprint density at radius 3 is 2.57 bits per heavy atom. The number of aromatic nitrogens is 3. The second kappa shape index (κ2) is 9.15. The number of hydrogen-bond donors (Lipinski definition) is 0. The zero-order valence-corrected chi connectivity index (χ0v) is 19.7. The minimum atomic E-state index is 0.409. The van der Waals surface area contributed by atoms with Crippen LogP contribution in [0.15, 0.2) is 89.5 Å². The number of imidazole rings is 1. The van der Waals surface area contributed by atoms with Crippen molar-refractivity contribution in [1.29, 1.82) is 0 Å². The van der Waals surface area contributed by atoms with Crippen molar-refractivity contribution in [2.45, 2.75) is 13.2 Å². The summed E-state index contributed by atoms with van der Waals surface area (Å²) in [4.78, 5) is 5.35. The van der Waals surface area contributed by atoms with Gasteiger partial charge in [0.15, 0.2) is 5.76 Å². The van der Waals surface area contributed by atoms with Gasteiger partial charge in [-0.2, -0.15) is 0 Å². The molecule has 3 aromatic carbocycles. The number of nitrogens with zero attached hydrogens (tertiary/aromatic N) is 3. The fourth-order valence-electron chi connectivity index (χ4n) is 3.80. The smallest absolute Gasteiger partial charge is 0.294 e. The van der Waals surface area contributed by atoms with Crippen molar-refractivity contribution in [1.82, 2.24) is 14.6 Å². The number of ether oxygens (including phenoxy) is 3. The van der Waals surface area contributed by atoms with Crippen LogP contribution in [0, 0.1) is 0 Å². The van der Waals surface area contributed by atoms with Crippen LogP contribution in [0.4, 0.5) is 0 Å². The summed E-state index contributed by atoms with van der Waals surface area (Å²) in [6.45, 7) is 0.933. The maximum absolute atomic E-state index is 6.18. The quantitative estimate of drug-likeness (QED) is 0.250. The molecule has 0 bridgehead atoms. The SMILES string of the molecule is COc1nn2cc(-c3cc4c(OCc5cccc(OCc6ccccc6)c5)cccc4o3)nc2s1. The molecular formula is C27H21N3O4S. The van der Waals surface area contributed by atoms with Gasteiger partial charge in [0.1, 0.15) is 36.0 Å². The van der Waals surface area contributed by atoms with Crippen molar-refractivity contribution in [2.24, 2.45) is 0 Å². The number of furan rings is 1. The number of rotatable bonds is 8. The maximum atomic E-state index is 6.18. The Hall–Kier alpha value is -4.30. The second-order valence-corrected chi connectivity index (χ2v) is 8.83. The Bertz CT molecular complexity index is 1570. The van der Waals surface area contributed by atoms with Crippen LogP contribution in [0.3, 0.4) is 0 Å². The average molecular weight is 484 g/mol. The van der Waals surface area contributed by atoms with E-state index in [1.165, 1.54) is 11.3 Å². The molecule has 3 aromatic heterocycles. The Balaban J connectivity index is 1.18. The molecule has 6 aromatic rings. The van der Waals surface area contributed by atoms with Gasteiger partial charge in [-0.15, -0.1) is 5.10 Å². The number of hydrogen-bond acceptors (Lipinski definition) is 7. The molecule has 0 aliphatic rings. The first-order chi connectivity index (χ1) is 17.2. The maximum Gasteiger partial charge on any atom is 0.294 e. The molecule has 174 valence electrons. The van der Waals surface area contributed by atoms with Gasteiger partial charge >= 0.3 is 0 Å². The lowest BCUT2D eigenvalue weighted by atomic mass is 10.2. The van der Waals surface area contributed by atoms with E-state index in [0.29, 0.717) is 29.9 Å². The molecule has 7 nitrogen and oxygen atoms in total. The molecular weight excluding hydrogens is 462 g/mol. The van der Waals surface area contributed by atoms with Crippen molar-refractivity contribution in [3.8, 4) is 28.1 Å². The van der Waals surface area contributed by atoms with Crippen molar-refractivity contribution in [2.75, 3.05) is 7.11 Å². The Morgan fingerprint density at radius 1 is 0.886 bits per heavy atom. The summed E-state index contributed by atoms with van der Waals surface area (Å²) in [6.07, 6.45) is 1.83. The third kappa shape index (κ3) is 4.43. The molecule has 0 aliphatic carbocycles. The summed E-state index contributed by atoms with van der Waals surface area (Å²) in [5.41, 5.74) is 3.59. The van der Waals surface area contributed by atoms with Gasteiger partial charge in [0, 0.05) is 0 Å². The van der Waals surface area contributed by atoms with Crippen LogP contribution in [0.1, 0.15) is 11.1 Å². The topological polar surface area (TPSA) is 71.0 Å². The third-order valence-corrected chi connectivity index (χ3v) is 6.40. The van der Waals surface area contributed by atoms with Gasteiger partial charge in [0.25, 0.3) is 5.19 Å². The second-order valence-electron chi connectivity index (χ2n) is 7.91. The molecule has 3 heterocycles. The van der Waals surface area contributed by atoms with E-state index in [0.717, 1.165) is 38.6 Å². The minimum absolute atomic E-state index is 0.409. The monoisotopic (exact) mass is 483 g/mol. The van der Waals surface area contributed by atoms with Gasteiger partial charge in [-0.1, -0.05) is 48.5 Å². The van der Waals surface area contributed by atoms with E-state index in [9.17, 15) is 0 Å². The largest absolute Gasteiger partial charge is 0.489 e. The third-order valence-electron chi connectivity index (χ3n) is 5.51. The van der Waals surface area contributed by atoms with Crippen molar-refractivity contribution >= 4 is 27.3 Å². The van der Waals surface area contributed by atoms with Crippen LogP contribution < -0.4 is 14.2 Å². The lowest BCUT2D eigenvalue weighted by molar-refractivity contribution is 0.297. The van der Waals surface area contributed by atoms with Gasteiger partial charge < -0.3 is 18.6 Å². The van der Waals surface area contributed by atoms with Crippen LogP contribution >= 0.6 is 11.3 Å². The molecule has 0 amide bonds. The zero-order valence-electron chi connectivity index (χ0n) is 18.9. The first-order valence-corrected chi connectivity index (χ1v) is 11.9. The highest BCUT2D eigenvalue weighted by atomic mass is 32.1. The number of fused-ring (bicyclic) bond motifs is 2.